The first-order chi connectivity index (χ1) is 11.7. The summed E-state index contributed by atoms with van der Waals surface area (Å²) in [6.45, 7) is 1.53. The van der Waals surface area contributed by atoms with E-state index in [0.717, 1.165) is 38.0 Å². The van der Waals surface area contributed by atoms with Gasteiger partial charge in [0.1, 0.15) is 0 Å². The normalized spacial score (nSPS) is 20.5. The fourth-order valence-electron chi connectivity index (χ4n) is 3.50. The van der Waals surface area contributed by atoms with Gasteiger partial charge in [0.25, 0.3) is 0 Å². The molecule has 2 aromatic carbocycles. The van der Waals surface area contributed by atoms with Gasteiger partial charge in [0.2, 0.25) is 0 Å². The van der Waals surface area contributed by atoms with Crippen LogP contribution in [-0.4, -0.2) is 20.3 Å². The highest BCUT2D eigenvalue weighted by molar-refractivity contribution is 5.33. The van der Waals surface area contributed by atoms with E-state index in [2.05, 4.69) is 29.6 Å². The van der Waals surface area contributed by atoms with Gasteiger partial charge >= 0.3 is 0 Å². The molecule has 0 aliphatic carbocycles. The predicted molar refractivity (Wildman–Crippen MR) is 91.1 cm³/mol. The first kappa shape index (κ1) is 17.1. The van der Waals surface area contributed by atoms with Crippen molar-refractivity contribution in [1.29, 1.82) is 0 Å². The number of benzene rings is 2. The van der Waals surface area contributed by atoms with Crippen LogP contribution in [0.2, 0.25) is 0 Å². The molecule has 128 valence electrons. The second kappa shape index (κ2) is 7.86. The Morgan fingerprint density at radius 3 is 2.75 bits per heavy atom. The van der Waals surface area contributed by atoms with E-state index in [1.165, 1.54) is 23.3 Å². The fraction of sp³-hybridized carbons (Fsp3) is 0.400. The topological polar surface area (TPSA) is 21.3 Å². The molecule has 0 aromatic heterocycles. The largest absolute Gasteiger partial charge is 0.385 e. The van der Waals surface area contributed by atoms with Crippen molar-refractivity contribution in [1.82, 2.24) is 5.32 Å². The third kappa shape index (κ3) is 3.82. The number of aryl methyl sites for hydroxylation is 1. The second-order valence-electron chi connectivity index (χ2n) is 6.36. The van der Waals surface area contributed by atoms with Crippen LogP contribution in [0.1, 0.15) is 41.5 Å². The van der Waals surface area contributed by atoms with Crippen LogP contribution in [0.3, 0.4) is 0 Å². The van der Waals surface area contributed by atoms with E-state index in [1.807, 2.05) is 0 Å². The highest BCUT2D eigenvalue weighted by Gasteiger charge is 2.28. The molecule has 2 atom stereocenters. The first-order valence-corrected chi connectivity index (χ1v) is 8.44. The number of rotatable bonds is 6. The van der Waals surface area contributed by atoms with Crippen molar-refractivity contribution in [2.45, 2.75) is 31.2 Å². The molecule has 1 heterocycles. The maximum atomic E-state index is 13.5. The van der Waals surface area contributed by atoms with Gasteiger partial charge in [0, 0.05) is 26.3 Å². The van der Waals surface area contributed by atoms with Crippen molar-refractivity contribution in [3.63, 3.8) is 0 Å². The average Bonchev–Trinajstić information content (AvgIpc) is 3.08. The Labute approximate surface area is 141 Å². The van der Waals surface area contributed by atoms with Gasteiger partial charge in [0.05, 0.1) is 0 Å². The first-order valence-electron chi connectivity index (χ1n) is 8.44. The number of ether oxygens (including phenoxy) is 1. The van der Waals surface area contributed by atoms with Crippen molar-refractivity contribution >= 4 is 0 Å². The molecule has 0 radical (unpaired) electrons. The second-order valence-corrected chi connectivity index (χ2v) is 6.36. The summed E-state index contributed by atoms with van der Waals surface area (Å²) >= 11 is 0. The molecule has 1 aliphatic rings. The van der Waals surface area contributed by atoms with E-state index < -0.39 is 11.6 Å². The lowest BCUT2D eigenvalue weighted by molar-refractivity contribution is 0.195. The molecule has 1 saturated heterocycles. The van der Waals surface area contributed by atoms with Crippen LogP contribution in [0.25, 0.3) is 0 Å². The zero-order valence-corrected chi connectivity index (χ0v) is 13.9. The minimum atomic E-state index is -0.787. The summed E-state index contributed by atoms with van der Waals surface area (Å²) in [6.07, 6.45) is 2.87. The zero-order chi connectivity index (χ0) is 16.9. The molecule has 0 bridgehead atoms. The molecule has 1 aliphatic heterocycles. The molecule has 2 nitrogen and oxygen atoms in total. The summed E-state index contributed by atoms with van der Waals surface area (Å²) in [5, 5.41) is 3.54. The van der Waals surface area contributed by atoms with E-state index >= 15 is 0 Å². The molecule has 0 saturated carbocycles. The lowest BCUT2D eigenvalue weighted by Crippen LogP contribution is -2.15. The number of nitrogens with one attached hydrogen (secondary N) is 1. The minimum absolute atomic E-state index is 0.206. The maximum Gasteiger partial charge on any atom is 0.159 e. The van der Waals surface area contributed by atoms with E-state index in [0.29, 0.717) is 0 Å². The van der Waals surface area contributed by atoms with Crippen LogP contribution in [0, 0.1) is 11.6 Å². The Bertz CT molecular complexity index is 689. The van der Waals surface area contributed by atoms with Crippen LogP contribution in [0.15, 0.2) is 42.5 Å². The Balaban J connectivity index is 1.72. The summed E-state index contributed by atoms with van der Waals surface area (Å²) in [4.78, 5) is 0. The molecule has 2 aromatic rings. The molecular weight excluding hydrogens is 308 g/mol. The van der Waals surface area contributed by atoms with Crippen molar-refractivity contribution in [2.75, 3.05) is 20.3 Å². The highest BCUT2D eigenvalue weighted by atomic mass is 19.2. The van der Waals surface area contributed by atoms with Gasteiger partial charge in [0.15, 0.2) is 11.6 Å². The Hall–Kier alpha value is -1.78. The van der Waals surface area contributed by atoms with Crippen LogP contribution in [0.5, 0.6) is 0 Å². The molecule has 0 spiro atoms. The summed E-state index contributed by atoms with van der Waals surface area (Å²) in [7, 11) is 1.72. The zero-order valence-electron chi connectivity index (χ0n) is 13.9. The standard InChI is InChI=1S/C20H23F2NO/c1-24-10-4-6-14-5-2-3-7-17(14)20-12-16(13-23-20)15-8-9-18(21)19(22)11-15/h2-3,5,7-9,11,16,20,23H,4,6,10,12-13H2,1H3. The van der Waals surface area contributed by atoms with Crippen molar-refractivity contribution in [3.05, 3.63) is 70.8 Å². The highest BCUT2D eigenvalue weighted by Crippen LogP contribution is 2.35. The van der Waals surface area contributed by atoms with Crippen LogP contribution in [0.4, 0.5) is 8.78 Å². The number of hydrogen-bond acceptors (Lipinski definition) is 2. The molecule has 2 unspecified atom stereocenters. The van der Waals surface area contributed by atoms with Gasteiger partial charge in [-0.25, -0.2) is 8.78 Å². The third-order valence-corrected chi connectivity index (χ3v) is 4.77. The summed E-state index contributed by atoms with van der Waals surface area (Å²) in [5.41, 5.74) is 3.50. The van der Waals surface area contributed by atoms with Crippen molar-refractivity contribution in [3.8, 4) is 0 Å². The van der Waals surface area contributed by atoms with Crippen molar-refractivity contribution in [2.24, 2.45) is 0 Å². The van der Waals surface area contributed by atoms with E-state index in [4.69, 9.17) is 4.74 Å². The van der Waals surface area contributed by atoms with Gasteiger partial charge in [-0.2, -0.15) is 0 Å². The van der Waals surface area contributed by atoms with E-state index in [9.17, 15) is 8.78 Å². The maximum absolute atomic E-state index is 13.5. The van der Waals surface area contributed by atoms with Crippen LogP contribution in [-0.2, 0) is 11.2 Å². The number of hydrogen-bond donors (Lipinski definition) is 1. The Morgan fingerprint density at radius 2 is 1.96 bits per heavy atom. The van der Waals surface area contributed by atoms with Gasteiger partial charge in [-0.3, -0.25) is 0 Å². The van der Waals surface area contributed by atoms with E-state index in [1.54, 1.807) is 13.2 Å². The molecule has 3 rings (SSSR count). The molecule has 1 fully saturated rings. The minimum Gasteiger partial charge on any atom is -0.385 e. The third-order valence-electron chi connectivity index (χ3n) is 4.77. The summed E-state index contributed by atoms with van der Waals surface area (Å²) in [5.74, 6) is -1.35. The smallest absolute Gasteiger partial charge is 0.159 e. The lowest BCUT2D eigenvalue weighted by Gasteiger charge is -2.16. The molecule has 0 amide bonds. The van der Waals surface area contributed by atoms with E-state index in [-0.39, 0.29) is 12.0 Å². The molecule has 1 N–H and O–H groups in total. The van der Waals surface area contributed by atoms with Crippen LogP contribution < -0.4 is 5.32 Å². The quantitative estimate of drug-likeness (QED) is 0.794. The van der Waals surface area contributed by atoms with Gasteiger partial charge in [-0.05, 0) is 54.0 Å². The molecular formula is C20H23F2NO. The van der Waals surface area contributed by atoms with Crippen LogP contribution >= 0.6 is 0 Å². The monoisotopic (exact) mass is 331 g/mol. The molecule has 4 heteroatoms. The van der Waals surface area contributed by atoms with Gasteiger partial charge in [-0.1, -0.05) is 30.3 Å². The fourth-order valence-corrected chi connectivity index (χ4v) is 3.50. The Morgan fingerprint density at radius 1 is 1.12 bits per heavy atom. The summed E-state index contributed by atoms with van der Waals surface area (Å²) < 4.78 is 31.8. The predicted octanol–water partition coefficient (Wildman–Crippen LogP) is 4.36. The lowest BCUT2D eigenvalue weighted by atomic mass is 9.91. The van der Waals surface area contributed by atoms with Gasteiger partial charge < -0.3 is 10.1 Å². The van der Waals surface area contributed by atoms with Gasteiger partial charge in [-0.15, -0.1) is 0 Å². The summed E-state index contributed by atoms with van der Waals surface area (Å²) in [6, 6.07) is 12.9. The number of methoxy groups -OCH3 is 1. The SMILES string of the molecule is COCCCc1ccccc1C1CC(c2ccc(F)c(F)c2)CN1. The molecule has 24 heavy (non-hydrogen) atoms. The Kier molecular flexibility index (Phi) is 5.59. The van der Waals surface area contributed by atoms with Crippen molar-refractivity contribution < 1.29 is 13.5 Å². The number of halogens is 2. The average molecular weight is 331 g/mol.